The van der Waals surface area contributed by atoms with Gasteiger partial charge in [-0.3, -0.25) is 9.59 Å². The van der Waals surface area contributed by atoms with Gasteiger partial charge in [0.25, 0.3) is 0 Å². The molecule has 3 saturated carbocycles. The normalized spacial score (nSPS) is 37.0. The molecule has 4 aliphatic carbocycles. The number of carbonyl (C=O) groups excluding carboxylic acids is 2. The topological polar surface area (TPSA) is 53.1 Å². The van der Waals surface area contributed by atoms with Gasteiger partial charge in [-0.05, 0) is 105 Å². The Balaban J connectivity index is 1.13. The van der Waals surface area contributed by atoms with Gasteiger partial charge >= 0.3 is 5.97 Å². The van der Waals surface area contributed by atoms with Crippen LogP contribution >= 0.6 is 0 Å². The van der Waals surface area contributed by atoms with E-state index in [0.29, 0.717) is 5.41 Å². The highest BCUT2D eigenvalue weighted by atomic mass is 16.5. The molecule has 5 aliphatic rings. The Bertz CT molecular complexity index is 1040. The molecule has 0 spiro atoms. The molecule has 0 aromatic rings. The van der Waals surface area contributed by atoms with Crippen LogP contribution in [0.2, 0.25) is 0 Å². The molecule has 0 N–H and O–H groups in total. The van der Waals surface area contributed by atoms with Gasteiger partial charge in [0, 0.05) is 52.1 Å². The second-order valence-electron chi connectivity index (χ2n) is 17.1. The lowest BCUT2D eigenvalue weighted by atomic mass is 9.47. The molecule has 0 radical (unpaired) electrons. The van der Waals surface area contributed by atoms with Gasteiger partial charge in [0.2, 0.25) is 5.91 Å². The summed E-state index contributed by atoms with van der Waals surface area (Å²) in [6, 6.07) is 0. The van der Waals surface area contributed by atoms with Crippen LogP contribution in [0.1, 0.15) is 118 Å². The van der Waals surface area contributed by atoms with Gasteiger partial charge in [0.05, 0.1) is 6.42 Å². The van der Waals surface area contributed by atoms with Crippen LogP contribution in [0.4, 0.5) is 0 Å². The largest absolute Gasteiger partial charge is 0.462 e. The molecule has 0 aromatic heterocycles. The number of fused-ring (bicyclic) bond motifs is 5. The molecule has 0 bridgehead atoms. The number of nitrogens with zero attached hydrogens (tertiary/aromatic N) is 3. The summed E-state index contributed by atoms with van der Waals surface area (Å²) in [6.45, 7) is 17.8. The van der Waals surface area contributed by atoms with E-state index in [0.717, 1.165) is 94.0 Å². The molecule has 0 aromatic carbocycles. The van der Waals surface area contributed by atoms with Gasteiger partial charge in [0.15, 0.2) is 0 Å². The van der Waals surface area contributed by atoms with Gasteiger partial charge < -0.3 is 19.4 Å². The van der Waals surface area contributed by atoms with E-state index in [1.165, 1.54) is 51.4 Å². The van der Waals surface area contributed by atoms with E-state index in [2.05, 4.69) is 64.6 Å². The Kier molecular flexibility index (Phi) is 11.5. The van der Waals surface area contributed by atoms with Crippen molar-refractivity contribution in [2.45, 2.75) is 124 Å². The van der Waals surface area contributed by atoms with Crippen LogP contribution in [0.15, 0.2) is 11.6 Å². The Morgan fingerprint density at radius 1 is 0.867 bits per heavy atom. The van der Waals surface area contributed by atoms with Gasteiger partial charge in [-0.1, -0.05) is 65.5 Å². The maximum absolute atomic E-state index is 13.1. The number of hydrogen-bond acceptors (Lipinski definition) is 5. The average molecular weight is 626 g/mol. The van der Waals surface area contributed by atoms with Gasteiger partial charge in [-0.15, -0.1) is 0 Å². The van der Waals surface area contributed by atoms with E-state index in [1.54, 1.807) is 5.57 Å². The zero-order valence-corrected chi connectivity index (χ0v) is 30.1. The van der Waals surface area contributed by atoms with Crippen LogP contribution in [-0.2, 0) is 14.3 Å². The second-order valence-corrected chi connectivity index (χ2v) is 17.1. The number of hydrogen-bond donors (Lipinski definition) is 0. The Hall–Kier alpha value is -1.40. The maximum Gasteiger partial charge on any atom is 0.306 e. The third kappa shape index (κ3) is 7.85. The van der Waals surface area contributed by atoms with Crippen LogP contribution in [0, 0.1) is 46.3 Å². The fraction of sp³-hybridized carbons (Fsp3) is 0.897. The number of carbonyl (C=O) groups is 2. The molecule has 256 valence electrons. The summed E-state index contributed by atoms with van der Waals surface area (Å²) < 4.78 is 6.06. The lowest BCUT2D eigenvalue weighted by Gasteiger charge is -2.58. The number of allylic oxidation sites excluding steroid dienone is 1. The van der Waals surface area contributed by atoms with Gasteiger partial charge in [0.1, 0.15) is 6.10 Å². The highest BCUT2D eigenvalue weighted by Crippen LogP contribution is 2.67. The molecule has 4 fully saturated rings. The quantitative estimate of drug-likeness (QED) is 0.197. The molecule has 6 nitrogen and oxygen atoms in total. The van der Waals surface area contributed by atoms with Crippen molar-refractivity contribution in [1.82, 2.24) is 14.7 Å². The minimum absolute atomic E-state index is 0.0348. The molecular weight excluding hydrogens is 558 g/mol. The lowest BCUT2D eigenvalue weighted by molar-refractivity contribution is -0.153. The van der Waals surface area contributed by atoms with Gasteiger partial charge in [-0.2, -0.15) is 0 Å². The van der Waals surface area contributed by atoms with Crippen molar-refractivity contribution in [3.8, 4) is 0 Å². The fourth-order valence-electron chi connectivity index (χ4n) is 10.9. The second kappa shape index (κ2) is 14.8. The van der Waals surface area contributed by atoms with E-state index >= 15 is 0 Å². The summed E-state index contributed by atoms with van der Waals surface area (Å²) >= 11 is 0. The lowest BCUT2D eigenvalue weighted by Crippen LogP contribution is -2.51. The van der Waals surface area contributed by atoms with Crippen molar-refractivity contribution in [1.29, 1.82) is 0 Å². The molecule has 4 unspecified atom stereocenters. The third-order valence-corrected chi connectivity index (χ3v) is 13.8. The monoisotopic (exact) mass is 626 g/mol. The van der Waals surface area contributed by atoms with Crippen molar-refractivity contribution in [2.24, 2.45) is 46.3 Å². The minimum atomic E-state index is -0.197. The average Bonchev–Trinajstić information content (AvgIpc) is 3.38. The third-order valence-electron chi connectivity index (χ3n) is 13.8. The van der Waals surface area contributed by atoms with Crippen LogP contribution in [0.3, 0.4) is 0 Å². The molecule has 1 heterocycles. The number of rotatable bonds is 9. The van der Waals surface area contributed by atoms with Crippen molar-refractivity contribution in [2.75, 3.05) is 53.4 Å². The Labute approximate surface area is 276 Å². The summed E-state index contributed by atoms with van der Waals surface area (Å²) in [5, 5.41) is 0. The van der Waals surface area contributed by atoms with Crippen molar-refractivity contribution in [3.05, 3.63) is 11.6 Å². The maximum atomic E-state index is 13.1. The van der Waals surface area contributed by atoms with Crippen LogP contribution < -0.4 is 0 Å². The van der Waals surface area contributed by atoms with Crippen LogP contribution in [0.25, 0.3) is 0 Å². The predicted octanol–water partition coefficient (Wildman–Crippen LogP) is 7.43. The minimum Gasteiger partial charge on any atom is -0.462 e. The summed E-state index contributed by atoms with van der Waals surface area (Å²) in [5.41, 5.74) is 2.34. The summed E-state index contributed by atoms with van der Waals surface area (Å²) in [5.74, 6) is 4.92. The highest BCUT2D eigenvalue weighted by Gasteiger charge is 2.59. The van der Waals surface area contributed by atoms with E-state index in [1.807, 2.05) is 4.90 Å². The highest BCUT2D eigenvalue weighted by molar-refractivity contribution is 5.81. The molecule has 8 atom stereocenters. The molecule has 1 amide bonds. The zero-order chi connectivity index (χ0) is 32.4. The number of amides is 1. The first-order valence-electron chi connectivity index (χ1n) is 18.9. The molecule has 45 heavy (non-hydrogen) atoms. The Morgan fingerprint density at radius 2 is 1.56 bits per heavy atom. The number of esters is 1. The van der Waals surface area contributed by atoms with Crippen molar-refractivity contribution in [3.63, 3.8) is 0 Å². The van der Waals surface area contributed by atoms with Gasteiger partial charge in [-0.25, -0.2) is 0 Å². The molecule has 5 rings (SSSR count). The van der Waals surface area contributed by atoms with Crippen molar-refractivity contribution < 1.29 is 14.3 Å². The fourth-order valence-corrected chi connectivity index (χ4v) is 10.9. The summed E-state index contributed by atoms with van der Waals surface area (Å²) in [7, 11) is 4.23. The summed E-state index contributed by atoms with van der Waals surface area (Å²) in [6.07, 6.45) is 17.0. The molecule has 1 saturated heterocycles. The molecule has 1 aliphatic heterocycles. The first-order valence-corrected chi connectivity index (χ1v) is 18.9. The van der Waals surface area contributed by atoms with Crippen molar-refractivity contribution >= 4 is 11.9 Å². The zero-order valence-electron chi connectivity index (χ0n) is 30.1. The van der Waals surface area contributed by atoms with E-state index in [9.17, 15) is 9.59 Å². The predicted molar refractivity (Wildman–Crippen MR) is 184 cm³/mol. The SMILES string of the molecule is CC(C)CCCC(C)C1CCC2[C@@H]3CC=C4C[C@@H](OC(=O)CCC(=O)N5CCN(C)CCN(C)CC5)CC[C@]4(C)C3CC[C@]12C. The first-order chi connectivity index (χ1) is 21.4. The number of ether oxygens (including phenoxy) is 1. The Morgan fingerprint density at radius 3 is 2.24 bits per heavy atom. The van der Waals surface area contributed by atoms with E-state index in [-0.39, 0.29) is 36.2 Å². The molecular formula is C39H67N3O3. The summed E-state index contributed by atoms with van der Waals surface area (Å²) in [4.78, 5) is 32.5. The van der Waals surface area contributed by atoms with E-state index < -0.39 is 0 Å². The van der Waals surface area contributed by atoms with E-state index in [4.69, 9.17) is 4.74 Å². The molecule has 6 heteroatoms. The first kappa shape index (κ1) is 34.9. The van der Waals surface area contributed by atoms with Crippen LogP contribution in [-0.4, -0.2) is 86.0 Å². The van der Waals surface area contributed by atoms with Crippen LogP contribution in [0.5, 0.6) is 0 Å². The standard InChI is InChI=1S/C39H67N3O3/c1-28(2)9-8-10-29(3)33-13-14-34-32-12-11-30-27-31(17-19-38(30,4)35(32)18-20-39(33,34)5)45-37(44)16-15-36(43)42-25-23-40(6)21-22-41(7)24-26-42/h11,28-29,31-35H,8-10,12-27H2,1-7H3/t29?,31-,32-,33?,34?,35?,38-,39+/m0/s1. The number of likely N-dealkylation sites (N-methyl/N-ethyl adjacent to an activating group) is 2. The smallest absolute Gasteiger partial charge is 0.306 e.